The Balaban J connectivity index is 0.000000245. The number of rotatable bonds is 17. The molecule has 6 atom stereocenters. The van der Waals surface area contributed by atoms with Crippen LogP contribution in [0.5, 0.6) is 0 Å². The number of carboxylic acids is 1. The molecule has 74 heavy (non-hydrogen) atoms. The Morgan fingerprint density at radius 2 is 1.08 bits per heavy atom. The zero-order chi connectivity index (χ0) is 54.7. The molecule has 3 fully saturated rings. The number of ketones is 3. The number of carbonyl (C=O) groups is 8. The van der Waals surface area contributed by atoms with Gasteiger partial charge in [0.1, 0.15) is 5.78 Å². The molecule has 3 saturated heterocycles. The number of ether oxygens (including phenoxy) is 1. The second-order valence-corrected chi connectivity index (χ2v) is 23.1. The quantitative estimate of drug-likeness (QED) is 0.0621. The number of nitrogens with zero attached hydrogens (tertiary/aromatic N) is 4. The van der Waals surface area contributed by atoms with E-state index in [0.717, 1.165) is 43.4 Å². The number of esters is 2. The average Bonchev–Trinajstić information content (AvgIpc) is 4.21. The number of thiazole rings is 2. The first-order valence-corrected chi connectivity index (χ1v) is 26.7. The van der Waals surface area contributed by atoms with Gasteiger partial charge in [-0.25, -0.2) is 9.97 Å². The summed E-state index contributed by atoms with van der Waals surface area (Å²) in [5, 5.41) is 29.3. The monoisotopic (exact) mass is 1060 g/mol. The van der Waals surface area contributed by atoms with Crippen LogP contribution >= 0.6 is 22.7 Å². The van der Waals surface area contributed by atoms with Crippen LogP contribution in [0, 0.1) is 30.6 Å². The van der Waals surface area contributed by atoms with E-state index >= 15 is 0 Å². The van der Waals surface area contributed by atoms with E-state index in [2.05, 4.69) is 26.8 Å². The Hall–Kier alpha value is -5.86. The molecule has 0 unspecified atom stereocenters. The topological polar surface area (TPSA) is 265 Å². The van der Waals surface area contributed by atoms with Gasteiger partial charge in [0.2, 0.25) is 11.8 Å². The van der Waals surface area contributed by atoms with Crippen molar-refractivity contribution in [2.75, 3.05) is 13.1 Å². The highest BCUT2D eigenvalue weighted by atomic mass is 32.1. The first-order chi connectivity index (χ1) is 34.7. The number of nitrogens with two attached hydrogens (primary N) is 1. The number of β-amino-alcohol motifs (C(OH)–C–C–N with tert-alkyl or cyclic N) is 2. The number of cyclic esters (lactones) is 2. The fourth-order valence-electron chi connectivity index (χ4n) is 8.92. The first kappa shape index (κ1) is 59.0. The van der Waals surface area contributed by atoms with Crippen molar-refractivity contribution in [2.24, 2.45) is 22.5 Å². The summed E-state index contributed by atoms with van der Waals surface area (Å²) in [6.07, 6.45) is 0.671. The maximum atomic E-state index is 13.6. The molecule has 3 aliphatic rings. The smallest absolute Gasteiger partial charge is 0.314 e. The number of aryl methyl sites for hydroxylation is 4. The minimum absolute atomic E-state index is 0.0246. The Labute approximate surface area is 440 Å². The molecule has 7 rings (SSSR count). The van der Waals surface area contributed by atoms with Crippen molar-refractivity contribution in [3.05, 3.63) is 82.1 Å². The van der Waals surface area contributed by atoms with E-state index in [1.807, 2.05) is 103 Å². The van der Waals surface area contributed by atoms with Crippen LogP contribution in [0.4, 0.5) is 0 Å². The Morgan fingerprint density at radius 1 is 0.662 bits per heavy atom. The van der Waals surface area contributed by atoms with Gasteiger partial charge in [-0.2, -0.15) is 0 Å². The molecular formula is C55H71N5O12S2. The zero-order valence-electron chi connectivity index (χ0n) is 43.6. The molecule has 0 aliphatic carbocycles. The number of aromatic nitrogens is 2. The molecule has 5 N–H and O–H groups in total. The summed E-state index contributed by atoms with van der Waals surface area (Å²) >= 11 is 3.20. The summed E-state index contributed by atoms with van der Waals surface area (Å²) < 4.78 is 4.08. The van der Waals surface area contributed by atoms with E-state index in [1.54, 1.807) is 22.7 Å². The minimum atomic E-state index is -1.06. The summed E-state index contributed by atoms with van der Waals surface area (Å²) in [6.45, 7) is 15.4. The van der Waals surface area contributed by atoms with Gasteiger partial charge in [0, 0.05) is 57.5 Å². The third-order valence-corrected chi connectivity index (χ3v) is 15.4. The molecule has 3 aliphatic heterocycles. The fourth-order valence-corrected chi connectivity index (χ4v) is 10.5. The van der Waals surface area contributed by atoms with Gasteiger partial charge in [0.15, 0.2) is 11.6 Å². The van der Waals surface area contributed by atoms with Crippen LogP contribution in [0.1, 0.15) is 122 Å². The third-order valence-electron chi connectivity index (χ3n) is 13.5. The minimum Gasteiger partial charge on any atom is -0.481 e. The highest BCUT2D eigenvalue weighted by molar-refractivity contribution is 7.13. The number of aliphatic hydroxyl groups is 2. The number of hydrogen-bond donors (Lipinski definition) is 4. The van der Waals surface area contributed by atoms with Gasteiger partial charge in [-0.1, -0.05) is 90.1 Å². The van der Waals surface area contributed by atoms with E-state index < -0.39 is 65.0 Å². The Morgan fingerprint density at radius 3 is 1.42 bits per heavy atom. The van der Waals surface area contributed by atoms with Gasteiger partial charge in [-0.3, -0.25) is 38.4 Å². The summed E-state index contributed by atoms with van der Waals surface area (Å²) in [4.78, 5) is 110. The molecular weight excluding hydrogens is 987 g/mol. The van der Waals surface area contributed by atoms with Crippen molar-refractivity contribution in [2.45, 2.75) is 156 Å². The molecule has 0 radical (unpaired) electrons. The normalized spacial score (nSPS) is 19.4. The average molecular weight is 1060 g/mol. The predicted molar refractivity (Wildman–Crippen MR) is 281 cm³/mol. The van der Waals surface area contributed by atoms with E-state index in [-0.39, 0.29) is 93.6 Å². The number of hydrogen-bond acceptors (Lipinski definition) is 16. The maximum Gasteiger partial charge on any atom is 0.314 e. The van der Waals surface area contributed by atoms with Crippen LogP contribution < -0.4 is 5.73 Å². The lowest BCUT2D eigenvalue weighted by Crippen LogP contribution is -2.53. The van der Waals surface area contributed by atoms with Gasteiger partial charge < -0.3 is 35.6 Å². The second-order valence-electron chi connectivity index (χ2n) is 21.4. The Bertz CT molecular complexity index is 2620. The third kappa shape index (κ3) is 16.6. The van der Waals surface area contributed by atoms with Gasteiger partial charge in [-0.05, 0) is 59.8 Å². The molecule has 5 heterocycles. The molecule has 0 bridgehead atoms. The zero-order valence-corrected chi connectivity index (χ0v) is 45.3. The predicted octanol–water partition coefficient (Wildman–Crippen LogP) is 6.87. The van der Waals surface area contributed by atoms with Gasteiger partial charge in [0.05, 0.1) is 81.8 Å². The number of Topliss-reactive ketones (excluding diaryl/α,β-unsaturated/α-hetero) is 3. The molecule has 19 heteroatoms. The summed E-state index contributed by atoms with van der Waals surface area (Å²) in [5.74, 6) is -3.60. The largest absolute Gasteiger partial charge is 0.481 e. The highest BCUT2D eigenvalue weighted by Crippen LogP contribution is 2.35. The maximum absolute atomic E-state index is 13.6. The summed E-state index contributed by atoms with van der Waals surface area (Å²) in [7, 11) is 0. The number of carbonyl (C=O) groups excluding carboxylic acids is 7. The van der Waals surface area contributed by atoms with Crippen LogP contribution in [0.15, 0.2) is 59.6 Å². The van der Waals surface area contributed by atoms with Crippen LogP contribution in [0.25, 0.3) is 20.9 Å². The number of aliphatic hydroxyl groups excluding tert-OH is 2. The van der Waals surface area contributed by atoms with E-state index in [9.17, 15) is 48.6 Å². The van der Waals surface area contributed by atoms with E-state index in [0.29, 0.717) is 19.3 Å². The summed E-state index contributed by atoms with van der Waals surface area (Å²) in [5.41, 5.74) is 15.1. The second kappa shape index (κ2) is 26.1. The van der Waals surface area contributed by atoms with Crippen molar-refractivity contribution in [3.63, 3.8) is 0 Å². The van der Waals surface area contributed by atoms with Crippen LogP contribution in [0.2, 0.25) is 0 Å². The summed E-state index contributed by atoms with van der Waals surface area (Å²) in [6, 6.07) is 14.2. The SMILES string of the molecule is Cc1ncsc1-c1ccc(CCC(=O)[C@@H]2C[C@@H](O)CN2C(=O)[C@@H](CC(=O)CCC(=O)O)C(C)(C)C)cc1.Cc1ncsc1-c1ccc(CCC(=O)[C@@H]2C[C@@H](O)CN2C(=O)[C@@H](N)C(C)(C)C)cc1.O=C1CCC(=O)O1. The van der Waals surface area contributed by atoms with Crippen molar-refractivity contribution < 1.29 is 58.4 Å². The van der Waals surface area contributed by atoms with Gasteiger partial charge in [0.25, 0.3) is 0 Å². The lowest BCUT2D eigenvalue weighted by atomic mass is 9.76. The number of aliphatic carboxylic acids is 1. The van der Waals surface area contributed by atoms with Crippen molar-refractivity contribution >= 4 is 69.7 Å². The molecule has 0 saturated carbocycles. The Kier molecular flexibility index (Phi) is 20.8. The molecule has 0 spiro atoms. The van der Waals surface area contributed by atoms with Crippen molar-refractivity contribution in [1.82, 2.24) is 19.8 Å². The molecule has 4 aromatic rings. The molecule has 17 nitrogen and oxygen atoms in total. The van der Waals surface area contributed by atoms with Crippen molar-refractivity contribution in [3.8, 4) is 20.9 Å². The molecule has 2 amide bonds. The fraction of sp³-hybridized carbons (Fsp3) is 0.527. The molecule has 2 aromatic heterocycles. The molecule has 2 aromatic carbocycles. The van der Waals surface area contributed by atoms with Gasteiger partial charge in [-0.15, -0.1) is 22.7 Å². The van der Waals surface area contributed by atoms with E-state index in [1.165, 1.54) is 9.80 Å². The number of likely N-dealkylation sites (tertiary alicyclic amines) is 2. The number of amides is 2. The van der Waals surface area contributed by atoms with Crippen LogP contribution in [0.3, 0.4) is 0 Å². The molecule has 400 valence electrons. The van der Waals surface area contributed by atoms with Crippen LogP contribution in [-0.4, -0.2) is 126 Å². The van der Waals surface area contributed by atoms with E-state index in [4.69, 9.17) is 10.8 Å². The van der Waals surface area contributed by atoms with Crippen molar-refractivity contribution in [1.29, 1.82) is 0 Å². The van der Waals surface area contributed by atoms with Gasteiger partial charge >= 0.3 is 17.9 Å². The number of benzene rings is 2. The first-order valence-electron chi connectivity index (χ1n) is 25.0. The lowest BCUT2D eigenvalue weighted by Gasteiger charge is -2.34. The van der Waals surface area contributed by atoms with Crippen LogP contribution in [-0.2, 0) is 55.9 Å². The lowest BCUT2D eigenvalue weighted by molar-refractivity contribution is -0.152. The number of carboxylic acid groups (broad SMARTS) is 1. The highest BCUT2D eigenvalue weighted by Gasteiger charge is 2.45. The standard InChI is InChI=1S/C28H36N2O6S.C23H31N3O3S.C4H4O3/c1-17-26(37-16-29-17)19-8-5-18(6-9-19)7-11-24(33)23-14-21(32)15-30(23)27(36)22(28(2,3)4)13-20(31)10-12-25(34)35;1-14-20(30-13-25-14)16-8-5-15(6-9-16)7-10-19(28)18-11-17(27)12-26(18)22(29)21(24)23(2,3)4;5-3-1-2-4(6)7-3/h5-6,8-9,16,21-23,32H,7,10-15H2,1-4H3,(H,34,35);5-6,8-9,13,17-18,21,27H,7,10-12,24H2,1-4H3;1-2H2/t21-,22-,23+;17-,18+,21-;/m11./s1.